The monoisotopic (exact) mass is 826 g/mol. The van der Waals surface area contributed by atoms with Crippen LogP contribution in [0.2, 0.25) is 0 Å². The Hall–Kier alpha value is -8.73. The van der Waals surface area contributed by atoms with Crippen LogP contribution in [0.4, 0.5) is 0 Å². The molecule has 0 aliphatic rings. The van der Waals surface area contributed by atoms with Crippen LogP contribution in [0.5, 0.6) is 0 Å². The molecule has 0 bridgehead atoms. The van der Waals surface area contributed by atoms with Crippen molar-refractivity contribution < 1.29 is 0 Å². The number of nitrogens with zero attached hydrogens (tertiary/aromatic N) is 4. The Morgan fingerprint density at radius 2 is 0.723 bits per heavy atom. The van der Waals surface area contributed by atoms with Crippen molar-refractivity contribution in [3.8, 4) is 62.1 Å². The Balaban J connectivity index is 1.11. The van der Waals surface area contributed by atoms with Gasteiger partial charge in [0.25, 0.3) is 0 Å². The van der Waals surface area contributed by atoms with Gasteiger partial charge in [0.05, 0.1) is 16.7 Å². The molecule has 0 saturated carbocycles. The lowest BCUT2D eigenvalue weighted by Gasteiger charge is -2.17. The van der Waals surface area contributed by atoms with Gasteiger partial charge in [-0.1, -0.05) is 182 Å². The fourth-order valence-corrected chi connectivity index (χ4v) is 9.81. The molecule has 302 valence electrons. The topological polar surface area (TPSA) is 43.6 Å². The average molecular weight is 827 g/mol. The van der Waals surface area contributed by atoms with E-state index >= 15 is 0 Å². The van der Waals surface area contributed by atoms with Crippen molar-refractivity contribution in [3.05, 3.63) is 231 Å². The van der Waals surface area contributed by atoms with Gasteiger partial charge >= 0.3 is 0 Å². The minimum absolute atomic E-state index is 0.618. The van der Waals surface area contributed by atoms with E-state index in [9.17, 15) is 0 Å². The molecule has 4 nitrogen and oxygen atoms in total. The molecule has 0 N–H and O–H groups in total. The summed E-state index contributed by atoms with van der Waals surface area (Å²) in [7, 11) is 0. The molecule has 13 aromatic rings. The molecular formula is C61H38N4. The predicted octanol–water partition coefficient (Wildman–Crippen LogP) is 15.9. The molecule has 2 heterocycles. The molecule has 13 rings (SSSR count). The third-order valence-electron chi connectivity index (χ3n) is 13.0. The largest absolute Gasteiger partial charge is 0.309 e. The average Bonchev–Trinajstić information content (AvgIpc) is 3.68. The van der Waals surface area contributed by atoms with Crippen LogP contribution in [0.15, 0.2) is 231 Å². The zero-order valence-electron chi connectivity index (χ0n) is 35.2. The fraction of sp³-hybridized carbons (Fsp3) is 0. The van der Waals surface area contributed by atoms with Gasteiger partial charge in [-0.2, -0.15) is 0 Å². The van der Waals surface area contributed by atoms with Crippen LogP contribution < -0.4 is 0 Å². The fourth-order valence-electron chi connectivity index (χ4n) is 9.81. The maximum Gasteiger partial charge on any atom is 0.164 e. The zero-order chi connectivity index (χ0) is 42.8. The number of aromatic nitrogens is 4. The third-order valence-corrected chi connectivity index (χ3v) is 13.0. The first-order valence-electron chi connectivity index (χ1n) is 22.1. The van der Waals surface area contributed by atoms with Crippen molar-refractivity contribution in [1.82, 2.24) is 19.5 Å². The second-order valence-electron chi connectivity index (χ2n) is 16.8. The van der Waals surface area contributed by atoms with Crippen LogP contribution in [0, 0.1) is 0 Å². The van der Waals surface area contributed by atoms with Crippen molar-refractivity contribution in [3.63, 3.8) is 0 Å². The number of fused-ring (bicyclic) bond motifs is 7. The molecular weight excluding hydrogens is 789 g/mol. The summed E-state index contributed by atoms with van der Waals surface area (Å²) >= 11 is 0. The Bertz CT molecular complexity index is 3900. The van der Waals surface area contributed by atoms with E-state index in [2.05, 4.69) is 217 Å². The van der Waals surface area contributed by atoms with Crippen LogP contribution in [0.1, 0.15) is 0 Å². The Kier molecular flexibility index (Phi) is 8.50. The lowest BCUT2D eigenvalue weighted by atomic mass is 9.94. The lowest BCUT2D eigenvalue weighted by Crippen LogP contribution is -2.02. The van der Waals surface area contributed by atoms with Gasteiger partial charge in [0, 0.05) is 32.8 Å². The summed E-state index contributed by atoms with van der Waals surface area (Å²) in [6.07, 6.45) is 0. The third kappa shape index (κ3) is 6.26. The number of hydrogen-bond acceptors (Lipinski definition) is 3. The smallest absolute Gasteiger partial charge is 0.164 e. The van der Waals surface area contributed by atoms with E-state index in [4.69, 9.17) is 15.0 Å². The molecule has 0 atom stereocenters. The Labute approximate surface area is 375 Å². The van der Waals surface area contributed by atoms with Crippen LogP contribution in [-0.2, 0) is 0 Å². The normalized spacial score (nSPS) is 11.7. The summed E-state index contributed by atoms with van der Waals surface area (Å²) in [4.78, 5) is 15.9. The minimum Gasteiger partial charge on any atom is -0.309 e. The van der Waals surface area contributed by atoms with E-state index in [-0.39, 0.29) is 0 Å². The molecule has 0 spiro atoms. The molecule has 0 saturated heterocycles. The van der Waals surface area contributed by atoms with Crippen molar-refractivity contribution in [1.29, 1.82) is 0 Å². The van der Waals surface area contributed by atoms with Crippen LogP contribution in [0.25, 0.3) is 127 Å². The van der Waals surface area contributed by atoms with Gasteiger partial charge in [0.1, 0.15) is 0 Å². The van der Waals surface area contributed by atoms with E-state index < -0.39 is 0 Å². The highest BCUT2D eigenvalue weighted by Gasteiger charge is 2.21. The second kappa shape index (κ2) is 15.0. The minimum atomic E-state index is 0.618. The Morgan fingerprint density at radius 1 is 0.246 bits per heavy atom. The van der Waals surface area contributed by atoms with Gasteiger partial charge in [0.2, 0.25) is 0 Å². The molecule has 0 aliphatic carbocycles. The molecule has 2 aromatic heterocycles. The van der Waals surface area contributed by atoms with Crippen LogP contribution in [-0.4, -0.2) is 19.5 Å². The van der Waals surface area contributed by atoms with Gasteiger partial charge in [-0.15, -0.1) is 0 Å². The SMILES string of the molecule is c1ccc(-c2cccc(-c3ccc4c(-n5c6cc7ccccc7cc6c6cc7ccccc7cc65)ccc(-c5nc(-c6ccccc6)nc(-c6cccc7ccccc67)n5)c4c3)c2)cc1. The first-order valence-corrected chi connectivity index (χ1v) is 22.1. The van der Waals surface area contributed by atoms with E-state index in [0.29, 0.717) is 17.5 Å². The van der Waals surface area contributed by atoms with Crippen molar-refractivity contribution >= 4 is 64.9 Å². The van der Waals surface area contributed by atoms with Gasteiger partial charge < -0.3 is 4.57 Å². The Morgan fingerprint density at radius 3 is 1.38 bits per heavy atom. The van der Waals surface area contributed by atoms with Gasteiger partial charge in [0.15, 0.2) is 17.5 Å². The first-order chi connectivity index (χ1) is 32.2. The van der Waals surface area contributed by atoms with Crippen LogP contribution in [0.3, 0.4) is 0 Å². The maximum absolute atomic E-state index is 5.39. The molecule has 0 radical (unpaired) electrons. The molecule has 0 unspecified atom stereocenters. The maximum atomic E-state index is 5.39. The first kappa shape index (κ1) is 36.9. The highest BCUT2D eigenvalue weighted by molar-refractivity contribution is 6.18. The summed E-state index contributed by atoms with van der Waals surface area (Å²) in [5.41, 5.74) is 10.8. The van der Waals surface area contributed by atoms with Crippen molar-refractivity contribution in [2.24, 2.45) is 0 Å². The molecule has 11 aromatic carbocycles. The van der Waals surface area contributed by atoms with Gasteiger partial charge in [-0.05, 0) is 108 Å². The highest BCUT2D eigenvalue weighted by atomic mass is 15.0. The molecule has 65 heavy (non-hydrogen) atoms. The van der Waals surface area contributed by atoms with Gasteiger partial charge in [-0.25, -0.2) is 15.0 Å². The molecule has 4 heteroatoms. The van der Waals surface area contributed by atoms with E-state index in [1.807, 2.05) is 18.2 Å². The number of hydrogen-bond donors (Lipinski definition) is 0. The number of benzene rings is 11. The van der Waals surface area contributed by atoms with Crippen molar-refractivity contribution in [2.45, 2.75) is 0 Å². The van der Waals surface area contributed by atoms with E-state index in [1.54, 1.807) is 0 Å². The molecule has 0 fully saturated rings. The number of rotatable bonds is 6. The summed E-state index contributed by atoms with van der Waals surface area (Å²) < 4.78 is 2.47. The summed E-state index contributed by atoms with van der Waals surface area (Å²) in [6.45, 7) is 0. The van der Waals surface area contributed by atoms with Crippen LogP contribution >= 0.6 is 0 Å². The quantitative estimate of drug-likeness (QED) is 0.168. The summed E-state index contributed by atoms with van der Waals surface area (Å²) in [6, 6.07) is 82.6. The van der Waals surface area contributed by atoms with E-state index in [1.165, 1.54) is 43.4 Å². The highest BCUT2D eigenvalue weighted by Crippen LogP contribution is 2.42. The van der Waals surface area contributed by atoms with Crippen molar-refractivity contribution in [2.75, 3.05) is 0 Å². The summed E-state index contributed by atoms with van der Waals surface area (Å²) in [5, 5.41) is 11.7. The molecule has 0 aliphatic heterocycles. The van der Waals surface area contributed by atoms with E-state index in [0.717, 1.165) is 66.1 Å². The summed E-state index contributed by atoms with van der Waals surface area (Å²) in [5.74, 6) is 1.88. The lowest BCUT2D eigenvalue weighted by molar-refractivity contribution is 1.08. The predicted molar refractivity (Wildman–Crippen MR) is 271 cm³/mol. The molecule has 0 amide bonds. The standard InChI is InChI=1S/C61H38N4/c1-3-15-39(16-4-1)42-25-13-26-43(33-42)48-29-30-50-53(34-48)52(61-63-59(41-18-5-2-6-19-41)62-60(64-61)51-28-14-24-40-17-11-12-27-49(40)51)31-32-56(50)65-57-37-46-22-9-7-20-44(46)35-54(57)55-36-45-21-8-10-23-47(45)38-58(55)65/h1-38H. The zero-order valence-corrected chi connectivity index (χ0v) is 35.2. The second-order valence-corrected chi connectivity index (χ2v) is 16.8. The van der Waals surface area contributed by atoms with Gasteiger partial charge in [-0.3, -0.25) is 0 Å².